The molecule has 0 aliphatic rings. The molecule has 0 aliphatic heterocycles. The molecule has 7 heteroatoms. The molecule has 2 aromatic carbocycles. The third-order valence-corrected chi connectivity index (χ3v) is 3.93. The summed E-state index contributed by atoms with van der Waals surface area (Å²) in [6.45, 7) is 3.90. The molecule has 1 unspecified atom stereocenters. The molecule has 0 amide bonds. The fraction of sp³-hybridized carbons (Fsp3) is 0.238. The summed E-state index contributed by atoms with van der Waals surface area (Å²) in [6, 6.07) is 11.7. The third kappa shape index (κ3) is 4.09. The summed E-state index contributed by atoms with van der Waals surface area (Å²) in [5.41, 5.74) is -0.0230. The van der Waals surface area contributed by atoms with Gasteiger partial charge in [0, 0.05) is 6.07 Å². The molecule has 0 saturated heterocycles. The van der Waals surface area contributed by atoms with Gasteiger partial charge < -0.3 is 23.4 Å². The summed E-state index contributed by atoms with van der Waals surface area (Å²) in [5, 5.41) is 0.324. The van der Waals surface area contributed by atoms with Gasteiger partial charge in [-0.15, -0.1) is 0 Å². The summed E-state index contributed by atoms with van der Waals surface area (Å²) < 4.78 is 26.9. The van der Waals surface area contributed by atoms with Crippen molar-refractivity contribution in [3.63, 3.8) is 0 Å². The molecule has 0 saturated carbocycles. The van der Waals surface area contributed by atoms with Crippen molar-refractivity contribution < 1.29 is 28.2 Å². The number of fused-ring (bicyclic) bond motifs is 1. The van der Waals surface area contributed by atoms with Crippen LogP contribution >= 0.6 is 0 Å². The Hall–Kier alpha value is -3.48. The van der Waals surface area contributed by atoms with E-state index in [4.69, 9.17) is 18.6 Å². The number of para-hydroxylation sites is 2. The minimum absolute atomic E-state index is 0.0382. The van der Waals surface area contributed by atoms with Crippen LogP contribution in [0.2, 0.25) is 0 Å². The number of carbonyl (C=O) groups excluding carboxylic acids is 1. The fourth-order valence-electron chi connectivity index (χ4n) is 2.58. The monoisotopic (exact) mass is 384 g/mol. The SMILES string of the molecule is CCOc1ccccc1Oc1coc2cc(OC(C)C(=O)OC)ccc2c1=O. The first-order valence-corrected chi connectivity index (χ1v) is 8.73. The highest BCUT2D eigenvalue weighted by molar-refractivity contribution is 5.79. The number of ether oxygens (including phenoxy) is 4. The van der Waals surface area contributed by atoms with Gasteiger partial charge in [0.05, 0.1) is 19.1 Å². The fourth-order valence-corrected chi connectivity index (χ4v) is 2.58. The zero-order valence-corrected chi connectivity index (χ0v) is 15.8. The predicted octanol–water partition coefficient (Wildman–Crippen LogP) is 3.92. The Balaban J connectivity index is 1.89. The lowest BCUT2D eigenvalue weighted by atomic mass is 10.2. The summed E-state index contributed by atoms with van der Waals surface area (Å²) in [4.78, 5) is 24.2. The van der Waals surface area contributed by atoms with Crippen molar-refractivity contribution in [1.29, 1.82) is 0 Å². The largest absolute Gasteiger partial charge is 0.490 e. The molecule has 3 aromatic rings. The van der Waals surface area contributed by atoms with Gasteiger partial charge in [0.25, 0.3) is 0 Å². The molecule has 0 radical (unpaired) electrons. The highest BCUT2D eigenvalue weighted by atomic mass is 16.6. The van der Waals surface area contributed by atoms with Crippen LogP contribution in [-0.2, 0) is 9.53 Å². The van der Waals surface area contributed by atoms with Crippen molar-refractivity contribution in [1.82, 2.24) is 0 Å². The Kier molecular flexibility index (Phi) is 5.84. The Morgan fingerprint density at radius 1 is 1.11 bits per heavy atom. The van der Waals surface area contributed by atoms with Gasteiger partial charge in [-0.2, -0.15) is 0 Å². The molecule has 3 rings (SSSR count). The first-order chi connectivity index (χ1) is 13.5. The predicted molar refractivity (Wildman–Crippen MR) is 102 cm³/mol. The van der Waals surface area contributed by atoms with Gasteiger partial charge in [-0.1, -0.05) is 12.1 Å². The second-order valence-electron chi connectivity index (χ2n) is 5.85. The van der Waals surface area contributed by atoms with Crippen LogP contribution in [0.5, 0.6) is 23.0 Å². The Bertz CT molecular complexity index is 1040. The molecule has 0 spiro atoms. The summed E-state index contributed by atoms with van der Waals surface area (Å²) in [7, 11) is 1.28. The molecular weight excluding hydrogens is 364 g/mol. The Morgan fingerprint density at radius 2 is 1.86 bits per heavy atom. The van der Waals surface area contributed by atoms with E-state index in [1.807, 2.05) is 13.0 Å². The van der Waals surface area contributed by atoms with E-state index in [-0.39, 0.29) is 11.2 Å². The quantitative estimate of drug-likeness (QED) is 0.571. The number of carbonyl (C=O) groups is 1. The van der Waals surface area contributed by atoms with Crippen LogP contribution in [-0.4, -0.2) is 25.8 Å². The van der Waals surface area contributed by atoms with Crippen LogP contribution in [0.3, 0.4) is 0 Å². The van der Waals surface area contributed by atoms with Crippen molar-refractivity contribution in [3.05, 3.63) is 59.0 Å². The molecule has 7 nitrogen and oxygen atoms in total. The number of rotatable bonds is 7. The van der Waals surface area contributed by atoms with Crippen molar-refractivity contribution in [2.24, 2.45) is 0 Å². The Labute approximate surface area is 161 Å². The molecule has 1 atom stereocenters. The molecule has 0 bridgehead atoms. The minimum atomic E-state index is -0.785. The molecule has 1 heterocycles. The lowest BCUT2D eigenvalue weighted by molar-refractivity contribution is -0.147. The van der Waals surface area contributed by atoms with Gasteiger partial charge in [-0.25, -0.2) is 4.79 Å². The lowest BCUT2D eigenvalue weighted by Crippen LogP contribution is -2.24. The van der Waals surface area contributed by atoms with Gasteiger partial charge in [0.15, 0.2) is 17.6 Å². The van der Waals surface area contributed by atoms with Gasteiger partial charge >= 0.3 is 5.97 Å². The summed E-state index contributed by atoms with van der Waals surface area (Å²) in [5.74, 6) is 0.867. The topological polar surface area (TPSA) is 84.2 Å². The standard InChI is InChI=1S/C21H20O7/c1-4-25-16-7-5-6-8-17(16)28-19-12-26-18-11-14(9-10-15(18)20(19)22)27-13(2)21(23)24-3/h5-13H,4H2,1-3H3. The maximum Gasteiger partial charge on any atom is 0.346 e. The van der Waals surface area contributed by atoms with Crippen LogP contribution in [0.1, 0.15) is 13.8 Å². The first-order valence-electron chi connectivity index (χ1n) is 8.73. The van der Waals surface area contributed by atoms with Crippen LogP contribution in [0.4, 0.5) is 0 Å². The summed E-state index contributed by atoms with van der Waals surface area (Å²) in [6.07, 6.45) is 0.452. The minimum Gasteiger partial charge on any atom is -0.490 e. The van der Waals surface area contributed by atoms with E-state index in [0.29, 0.717) is 34.8 Å². The summed E-state index contributed by atoms with van der Waals surface area (Å²) >= 11 is 0. The maximum absolute atomic E-state index is 12.7. The van der Waals surface area contributed by atoms with E-state index in [0.717, 1.165) is 0 Å². The van der Waals surface area contributed by atoms with E-state index < -0.39 is 12.1 Å². The number of esters is 1. The highest BCUT2D eigenvalue weighted by Crippen LogP contribution is 2.31. The van der Waals surface area contributed by atoms with Crippen molar-refractivity contribution in [2.75, 3.05) is 13.7 Å². The van der Waals surface area contributed by atoms with E-state index in [1.54, 1.807) is 37.3 Å². The molecule has 1 aromatic heterocycles. The van der Waals surface area contributed by atoms with Gasteiger partial charge in [-0.05, 0) is 38.1 Å². The normalized spacial score (nSPS) is 11.7. The van der Waals surface area contributed by atoms with Crippen molar-refractivity contribution >= 4 is 16.9 Å². The van der Waals surface area contributed by atoms with Gasteiger partial charge in [0.1, 0.15) is 17.6 Å². The van der Waals surface area contributed by atoms with E-state index in [1.165, 1.54) is 19.4 Å². The molecular formula is C21H20O7. The van der Waals surface area contributed by atoms with Crippen LogP contribution < -0.4 is 19.6 Å². The van der Waals surface area contributed by atoms with Gasteiger partial charge in [0.2, 0.25) is 11.2 Å². The Morgan fingerprint density at radius 3 is 2.57 bits per heavy atom. The number of methoxy groups -OCH3 is 1. The highest BCUT2D eigenvalue weighted by Gasteiger charge is 2.16. The molecule has 0 N–H and O–H groups in total. The average Bonchev–Trinajstić information content (AvgIpc) is 2.71. The number of hydrogen-bond acceptors (Lipinski definition) is 7. The average molecular weight is 384 g/mol. The molecule has 0 aliphatic carbocycles. The smallest absolute Gasteiger partial charge is 0.346 e. The lowest BCUT2D eigenvalue weighted by Gasteiger charge is -2.13. The second kappa shape index (κ2) is 8.47. The van der Waals surface area contributed by atoms with Crippen LogP contribution in [0, 0.1) is 0 Å². The zero-order valence-electron chi connectivity index (χ0n) is 15.8. The molecule has 146 valence electrons. The van der Waals surface area contributed by atoms with Crippen LogP contribution in [0.25, 0.3) is 11.0 Å². The first kappa shape index (κ1) is 19.3. The van der Waals surface area contributed by atoms with Crippen molar-refractivity contribution in [3.8, 4) is 23.0 Å². The molecule has 28 heavy (non-hydrogen) atoms. The van der Waals surface area contributed by atoms with E-state index >= 15 is 0 Å². The third-order valence-electron chi connectivity index (χ3n) is 3.93. The molecule has 0 fully saturated rings. The van der Waals surface area contributed by atoms with E-state index in [2.05, 4.69) is 4.74 Å². The number of benzene rings is 2. The zero-order chi connectivity index (χ0) is 20.1. The van der Waals surface area contributed by atoms with Gasteiger partial charge in [-0.3, -0.25) is 4.79 Å². The van der Waals surface area contributed by atoms with E-state index in [9.17, 15) is 9.59 Å². The maximum atomic E-state index is 12.7. The second-order valence-corrected chi connectivity index (χ2v) is 5.85. The van der Waals surface area contributed by atoms with Crippen LogP contribution in [0.15, 0.2) is 57.9 Å². The van der Waals surface area contributed by atoms with Crippen molar-refractivity contribution in [2.45, 2.75) is 20.0 Å². The number of hydrogen-bond donors (Lipinski definition) is 0.